The van der Waals surface area contributed by atoms with Crippen molar-refractivity contribution in [2.75, 3.05) is 0 Å². The van der Waals surface area contributed by atoms with Crippen LogP contribution in [0.15, 0.2) is 82.0 Å². The molecule has 4 aromatic rings. The number of aryl methyl sites for hydroxylation is 1. The molecule has 0 aliphatic heterocycles. The highest BCUT2D eigenvalue weighted by Gasteiger charge is 2.14. The standard InChI is InChI=1S/C28H27NO5/c1-2-3-4-6-11-22-16-25-24(21-9-7-5-8-10-21)17-28(30)34-27(25)18-26(22)33-19-20-12-14-23(15-13-20)29(31)32/h5,7-10,12-18H,2-4,6,11,19H2,1H3. The number of nitrogens with zero attached hydrogens (tertiary/aromatic N) is 1. The van der Waals surface area contributed by atoms with E-state index in [9.17, 15) is 14.9 Å². The predicted octanol–water partition coefficient (Wildman–Crippen LogP) is 7.07. The highest BCUT2D eigenvalue weighted by atomic mass is 16.6. The van der Waals surface area contributed by atoms with Gasteiger partial charge in [0.1, 0.15) is 17.9 Å². The molecule has 0 saturated heterocycles. The van der Waals surface area contributed by atoms with Crippen molar-refractivity contribution in [1.82, 2.24) is 0 Å². The first-order chi connectivity index (χ1) is 16.5. The van der Waals surface area contributed by atoms with Crippen LogP contribution < -0.4 is 10.4 Å². The van der Waals surface area contributed by atoms with Gasteiger partial charge in [0.05, 0.1) is 4.92 Å². The Bertz CT molecular complexity index is 1330. The largest absolute Gasteiger partial charge is 0.488 e. The minimum Gasteiger partial charge on any atom is -0.488 e. The van der Waals surface area contributed by atoms with Crippen LogP contribution in [0.3, 0.4) is 0 Å². The fourth-order valence-corrected chi connectivity index (χ4v) is 4.04. The van der Waals surface area contributed by atoms with Crippen LogP contribution in [0, 0.1) is 10.1 Å². The van der Waals surface area contributed by atoms with Gasteiger partial charge in [-0.25, -0.2) is 4.79 Å². The predicted molar refractivity (Wildman–Crippen MR) is 133 cm³/mol. The van der Waals surface area contributed by atoms with E-state index in [0.717, 1.165) is 53.3 Å². The molecule has 0 aliphatic carbocycles. The van der Waals surface area contributed by atoms with Gasteiger partial charge in [0.15, 0.2) is 0 Å². The fourth-order valence-electron chi connectivity index (χ4n) is 4.04. The highest BCUT2D eigenvalue weighted by molar-refractivity contribution is 5.94. The Morgan fingerprint density at radius 1 is 0.941 bits per heavy atom. The molecule has 0 aliphatic rings. The Hall–Kier alpha value is -3.93. The van der Waals surface area contributed by atoms with E-state index in [1.165, 1.54) is 24.6 Å². The van der Waals surface area contributed by atoms with Crippen molar-refractivity contribution in [2.45, 2.75) is 45.6 Å². The lowest BCUT2D eigenvalue weighted by Crippen LogP contribution is -2.02. The second kappa shape index (κ2) is 10.8. The number of unbranched alkanes of at least 4 members (excludes halogenated alkanes) is 3. The van der Waals surface area contributed by atoms with E-state index in [1.54, 1.807) is 18.2 Å². The number of hydrogen-bond donors (Lipinski definition) is 0. The maximum absolute atomic E-state index is 12.3. The summed E-state index contributed by atoms with van der Waals surface area (Å²) in [5.74, 6) is 0.663. The van der Waals surface area contributed by atoms with Crippen molar-refractivity contribution in [3.8, 4) is 16.9 Å². The minimum atomic E-state index is -0.422. The van der Waals surface area contributed by atoms with Crippen LogP contribution in [0.25, 0.3) is 22.1 Å². The summed E-state index contributed by atoms with van der Waals surface area (Å²) >= 11 is 0. The van der Waals surface area contributed by atoms with Gasteiger partial charge in [0.25, 0.3) is 5.69 Å². The van der Waals surface area contributed by atoms with Gasteiger partial charge >= 0.3 is 5.63 Å². The highest BCUT2D eigenvalue weighted by Crippen LogP contribution is 2.33. The third-order valence-corrected chi connectivity index (χ3v) is 5.85. The van der Waals surface area contributed by atoms with E-state index in [4.69, 9.17) is 9.15 Å². The molecule has 0 saturated carbocycles. The smallest absolute Gasteiger partial charge is 0.336 e. The normalized spacial score (nSPS) is 11.0. The van der Waals surface area contributed by atoms with Crippen molar-refractivity contribution in [2.24, 2.45) is 0 Å². The van der Waals surface area contributed by atoms with E-state index in [-0.39, 0.29) is 12.3 Å². The van der Waals surface area contributed by atoms with Crippen molar-refractivity contribution < 1.29 is 14.1 Å². The van der Waals surface area contributed by atoms with Crippen LogP contribution in [-0.4, -0.2) is 4.92 Å². The molecule has 6 heteroatoms. The van der Waals surface area contributed by atoms with E-state index < -0.39 is 10.5 Å². The van der Waals surface area contributed by atoms with E-state index in [1.807, 2.05) is 30.3 Å². The quantitative estimate of drug-likeness (QED) is 0.110. The van der Waals surface area contributed by atoms with Gasteiger partial charge < -0.3 is 9.15 Å². The van der Waals surface area contributed by atoms with Gasteiger partial charge in [-0.15, -0.1) is 0 Å². The van der Waals surface area contributed by atoms with Gasteiger partial charge in [0, 0.05) is 29.7 Å². The van der Waals surface area contributed by atoms with Crippen LogP contribution >= 0.6 is 0 Å². The van der Waals surface area contributed by atoms with Crippen LogP contribution in [-0.2, 0) is 13.0 Å². The van der Waals surface area contributed by atoms with Gasteiger partial charge in [-0.1, -0.05) is 56.5 Å². The molecule has 0 bridgehead atoms. The summed E-state index contributed by atoms with van der Waals surface area (Å²) in [4.78, 5) is 22.8. The number of fused-ring (bicyclic) bond motifs is 1. The van der Waals surface area contributed by atoms with Crippen molar-refractivity contribution in [3.63, 3.8) is 0 Å². The first-order valence-corrected chi connectivity index (χ1v) is 11.6. The molecule has 0 N–H and O–H groups in total. The molecule has 0 unspecified atom stereocenters. The zero-order chi connectivity index (χ0) is 23.9. The monoisotopic (exact) mass is 457 g/mol. The maximum atomic E-state index is 12.3. The molecule has 0 amide bonds. The summed E-state index contributed by atoms with van der Waals surface area (Å²) < 4.78 is 11.7. The van der Waals surface area contributed by atoms with Crippen LogP contribution in [0.2, 0.25) is 0 Å². The summed E-state index contributed by atoms with van der Waals surface area (Å²) in [6, 6.07) is 21.5. The summed E-state index contributed by atoms with van der Waals surface area (Å²) in [6.45, 7) is 2.44. The topological polar surface area (TPSA) is 82.6 Å². The molecule has 1 aromatic heterocycles. The molecule has 4 rings (SSSR count). The molecule has 0 radical (unpaired) electrons. The Labute approximate surface area is 198 Å². The lowest BCUT2D eigenvalue weighted by atomic mass is 9.98. The van der Waals surface area contributed by atoms with E-state index in [0.29, 0.717) is 11.3 Å². The molecule has 1 heterocycles. The SMILES string of the molecule is CCCCCCc1cc2c(-c3ccccc3)cc(=O)oc2cc1OCc1ccc([N+](=O)[O-])cc1. The number of hydrogen-bond acceptors (Lipinski definition) is 5. The number of rotatable bonds is 10. The molecule has 6 nitrogen and oxygen atoms in total. The lowest BCUT2D eigenvalue weighted by molar-refractivity contribution is -0.384. The zero-order valence-corrected chi connectivity index (χ0v) is 19.2. The van der Waals surface area contributed by atoms with E-state index in [2.05, 4.69) is 13.0 Å². The van der Waals surface area contributed by atoms with Gasteiger partial charge in [-0.05, 0) is 53.3 Å². The number of nitro groups is 1. The number of ether oxygens (including phenoxy) is 1. The molecule has 34 heavy (non-hydrogen) atoms. The molecule has 0 fully saturated rings. The Morgan fingerprint density at radius 3 is 2.41 bits per heavy atom. The van der Waals surface area contributed by atoms with E-state index >= 15 is 0 Å². The first-order valence-electron chi connectivity index (χ1n) is 11.6. The van der Waals surface area contributed by atoms with Crippen molar-refractivity contribution in [3.05, 3.63) is 104 Å². The molecule has 174 valence electrons. The van der Waals surface area contributed by atoms with Gasteiger partial charge in [-0.3, -0.25) is 10.1 Å². The Morgan fingerprint density at radius 2 is 1.71 bits per heavy atom. The van der Waals surface area contributed by atoms with Crippen molar-refractivity contribution >= 4 is 16.7 Å². The second-order valence-corrected chi connectivity index (χ2v) is 8.32. The number of nitro benzene ring substituents is 1. The summed E-state index contributed by atoms with van der Waals surface area (Å²) in [5.41, 5.74) is 3.77. The number of non-ortho nitro benzene ring substituents is 1. The molecule has 0 atom stereocenters. The molecule has 0 spiro atoms. The van der Waals surface area contributed by atoms with Gasteiger partial charge in [0.2, 0.25) is 0 Å². The second-order valence-electron chi connectivity index (χ2n) is 8.32. The summed E-state index contributed by atoms with van der Waals surface area (Å²) in [7, 11) is 0. The molecular formula is C28H27NO5. The summed E-state index contributed by atoms with van der Waals surface area (Å²) in [5, 5.41) is 11.8. The minimum absolute atomic E-state index is 0.0429. The zero-order valence-electron chi connectivity index (χ0n) is 19.2. The lowest BCUT2D eigenvalue weighted by Gasteiger charge is -2.14. The third-order valence-electron chi connectivity index (χ3n) is 5.85. The average molecular weight is 458 g/mol. The molecular weight excluding hydrogens is 430 g/mol. The maximum Gasteiger partial charge on any atom is 0.336 e. The Balaban J connectivity index is 1.70. The fraction of sp³-hybridized carbons (Fsp3) is 0.250. The van der Waals surface area contributed by atoms with Crippen molar-refractivity contribution in [1.29, 1.82) is 0 Å². The van der Waals surface area contributed by atoms with Crippen LogP contribution in [0.5, 0.6) is 5.75 Å². The first kappa shape index (κ1) is 23.2. The molecule has 3 aromatic carbocycles. The number of benzene rings is 3. The van der Waals surface area contributed by atoms with Crippen LogP contribution in [0.1, 0.15) is 43.7 Å². The van der Waals surface area contributed by atoms with Gasteiger partial charge in [-0.2, -0.15) is 0 Å². The third kappa shape index (κ3) is 5.52. The average Bonchev–Trinajstić information content (AvgIpc) is 2.85. The van der Waals surface area contributed by atoms with Crippen LogP contribution in [0.4, 0.5) is 5.69 Å². The Kier molecular flexibility index (Phi) is 7.38. The summed E-state index contributed by atoms with van der Waals surface area (Å²) in [6.07, 6.45) is 5.34.